The minimum absolute atomic E-state index is 0.110. The summed E-state index contributed by atoms with van der Waals surface area (Å²) in [5, 5.41) is 4.46. The molecule has 27 heavy (non-hydrogen) atoms. The van der Waals surface area contributed by atoms with Crippen molar-refractivity contribution in [3.05, 3.63) is 69.6 Å². The minimum Gasteiger partial charge on any atom is -0.323 e. The Morgan fingerprint density at radius 1 is 1.07 bits per heavy atom. The largest absolute Gasteiger partial charge is 0.323 e. The number of imidazole rings is 1. The monoisotopic (exact) mass is 420 g/mol. The summed E-state index contributed by atoms with van der Waals surface area (Å²) in [7, 11) is 0. The van der Waals surface area contributed by atoms with E-state index in [1.807, 2.05) is 35.0 Å². The van der Waals surface area contributed by atoms with Gasteiger partial charge < -0.3 is 5.32 Å². The lowest BCUT2D eigenvalue weighted by Gasteiger charge is -2.05. The molecule has 0 atom stereocenters. The Morgan fingerprint density at radius 3 is 2.59 bits per heavy atom. The predicted octanol–water partition coefficient (Wildman–Crippen LogP) is 4.99. The van der Waals surface area contributed by atoms with Gasteiger partial charge in [0.2, 0.25) is 0 Å². The van der Waals surface area contributed by atoms with Gasteiger partial charge >= 0.3 is 0 Å². The molecule has 1 N–H and O–H groups in total. The number of halogens is 3. The fourth-order valence-electron chi connectivity index (χ4n) is 3.43. The summed E-state index contributed by atoms with van der Waals surface area (Å²) in [5.74, 6) is 1.05. The van der Waals surface area contributed by atoms with Crippen molar-refractivity contribution >= 4 is 46.4 Å². The number of anilines is 1. The molecular formula is C20H17Cl3N3O+. The molecule has 0 fully saturated rings. The third-order valence-corrected chi connectivity index (χ3v) is 5.64. The summed E-state index contributed by atoms with van der Waals surface area (Å²) in [4.78, 5) is 12.5. The number of fused-ring (bicyclic) bond motifs is 1. The van der Waals surface area contributed by atoms with Crippen LogP contribution >= 0.6 is 34.8 Å². The van der Waals surface area contributed by atoms with Gasteiger partial charge in [0.15, 0.2) is 12.2 Å². The van der Waals surface area contributed by atoms with E-state index >= 15 is 0 Å². The van der Waals surface area contributed by atoms with Gasteiger partial charge in [0.05, 0.1) is 23.0 Å². The van der Waals surface area contributed by atoms with Crippen LogP contribution in [-0.4, -0.2) is 10.5 Å². The Balaban J connectivity index is 1.57. The molecule has 0 spiro atoms. The highest BCUT2D eigenvalue weighted by atomic mass is 35.5. The summed E-state index contributed by atoms with van der Waals surface area (Å²) in [6.07, 6.45) is 4.06. The average Bonchev–Trinajstić information content (AvgIpc) is 3.23. The van der Waals surface area contributed by atoms with Crippen LogP contribution in [0.25, 0.3) is 11.3 Å². The van der Waals surface area contributed by atoms with Crippen LogP contribution in [0, 0.1) is 0 Å². The standard InChI is InChI=1S/C20H16Cl3N3O/c21-14-5-3-13(4-6-14)18-11-25(20-2-1-9-26(18)20)12-19(27)24-15-7-8-16(22)17(23)10-15/h3-8,10-11H,1-2,9,12H2/p+1. The number of benzene rings is 2. The number of hydrogen-bond donors (Lipinski definition) is 1. The van der Waals surface area contributed by atoms with Gasteiger partial charge in [0, 0.05) is 16.3 Å². The van der Waals surface area contributed by atoms with Gasteiger partial charge in [-0.1, -0.05) is 34.8 Å². The van der Waals surface area contributed by atoms with Crippen molar-refractivity contribution in [2.75, 3.05) is 5.32 Å². The summed E-state index contributed by atoms with van der Waals surface area (Å²) in [6.45, 7) is 1.19. The fourth-order valence-corrected chi connectivity index (χ4v) is 3.85. The Bertz CT molecular complexity index is 1010. The molecule has 4 rings (SSSR count). The van der Waals surface area contributed by atoms with Crippen molar-refractivity contribution in [1.82, 2.24) is 4.57 Å². The van der Waals surface area contributed by atoms with E-state index in [2.05, 4.69) is 9.88 Å². The van der Waals surface area contributed by atoms with Crippen molar-refractivity contribution in [1.29, 1.82) is 0 Å². The first-order valence-corrected chi connectivity index (χ1v) is 9.77. The van der Waals surface area contributed by atoms with Crippen LogP contribution in [0.5, 0.6) is 0 Å². The van der Waals surface area contributed by atoms with Gasteiger partial charge in [0.1, 0.15) is 6.20 Å². The molecule has 0 saturated carbocycles. The molecule has 0 radical (unpaired) electrons. The van der Waals surface area contributed by atoms with E-state index in [0.29, 0.717) is 20.8 Å². The number of nitrogens with zero attached hydrogens (tertiary/aromatic N) is 2. The number of nitrogens with one attached hydrogen (secondary N) is 1. The van der Waals surface area contributed by atoms with Crippen LogP contribution in [0.15, 0.2) is 48.7 Å². The maximum absolute atomic E-state index is 12.5. The number of aromatic nitrogens is 2. The molecular weight excluding hydrogens is 405 g/mol. The summed E-state index contributed by atoms with van der Waals surface area (Å²) >= 11 is 17.9. The zero-order valence-electron chi connectivity index (χ0n) is 14.4. The van der Waals surface area contributed by atoms with E-state index in [4.69, 9.17) is 34.8 Å². The second-order valence-electron chi connectivity index (χ2n) is 6.50. The Morgan fingerprint density at radius 2 is 1.85 bits per heavy atom. The summed E-state index contributed by atoms with van der Waals surface area (Å²) in [6, 6.07) is 12.8. The van der Waals surface area contributed by atoms with Crippen LogP contribution in [-0.2, 0) is 24.3 Å². The van der Waals surface area contributed by atoms with Gasteiger partial charge in [0.25, 0.3) is 11.7 Å². The average molecular weight is 422 g/mol. The molecule has 138 valence electrons. The quantitative estimate of drug-likeness (QED) is 0.592. The molecule has 1 amide bonds. The second-order valence-corrected chi connectivity index (χ2v) is 7.75. The van der Waals surface area contributed by atoms with Gasteiger partial charge in [-0.25, -0.2) is 9.13 Å². The lowest BCUT2D eigenvalue weighted by molar-refractivity contribution is -0.690. The van der Waals surface area contributed by atoms with Crippen LogP contribution in [0.2, 0.25) is 15.1 Å². The van der Waals surface area contributed by atoms with Crippen molar-refractivity contribution in [2.45, 2.75) is 25.9 Å². The van der Waals surface area contributed by atoms with Gasteiger partial charge in [-0.3, -0.25) is 4.79 Å². The maximum Gasteiger partial charge on any atom is 0.266 e. The maximum atomic E-state index is 12.5. The second kappa shape index (κ2) is 7.55. The van der Waals surface area contributed by atoms with E-state index < -0.39 is 0 Å². The molecule has 2 aromatic carbocycles. The highest BCUT2D eigenvalue weighted by Crippen LogP contribution is 2.27. The number of hydrogen-bond acceptors (Lipinski definition) is 1. The highest BCUT2D eigenvalue weighted by Gasteiger charge is 2.29. The van der Waals surface area contributed by atoms with Crippen LogP contribution < -0.4 is 9.88 Å². The first kappa shape index (κ1) is 18.4. The van der Waals surface area contributed by atoms with E-state index in [1.165, 1.54) is 0 Å². The minimum atomic E-state index is -0.110. The topological polar surface area (TPSA) is 37.9 Å². The van der Waals surface area contributed by atoms with Crippen molar-refractivity contribution in [3.63, 3.8) is 0 Å². The molecule has 1 aliphatic rings. The first-order valence-electron chi connectivity index (χ1n) is 8.64. The van der Waals surface area contributed by atoms with Crippen LogP contribution in [0.3, 0.4) is 0 Å². The summed E-state index contributed by atoms with van der Waals surface area (Å²) in [5.41, 5.74) is 2.82. The van der Waals surface area contributed by atoms with Crippen LogP contribution in [0.1, 0.15) is 12.2 Å². The first-order chi connectivity index (χ1) is 13.0. The molecule has 0 aliphatic carbocycles. The number of carbonyl (C=O) groups is 1. The van der Waals surface area contributed by atoms with Gasteiger partial charge in [-0.2, -0.15) is 0 Å². The summed E-state index contributed by atoms with van der Waals surface area (Å²) < 4.78 is 4.29. The normalized spacial score (nSPS) is 12.9. The molecule has 4 nitrogen and oxygen atoms in total. The van der Waals surface area contributed by atoms with E-state index in [9.17, 15) is 4.79 Å². The lowest BCUT2D eigenvalue weighted by atomic mass is 10.2. The number of amides is 1. The van der Waals surface area contributed by atoms with E-state index in [0.717, 1.165) is 36.5 Å². The van der Waals surface area contributed by atoms with Crippen molar-refractivity contribution < 1.29 is 9.36 Å². The number of carbonyl (C=O) groups excluding carboxylic acids is 1. The SMILES string of the molecule is O=C(C[n+]1cc(-c2ccc(Cl)cc2)n2c1CCC2)Nc1ccc(Cl)c(Cl)c1. The van der Waals surface area contributed by atoms with Crippen molar-refractivity contribution in [3.8, 4) is 11.3 Å². The Hall–Kier alpha value is -2.01. The highest BCUT2D eigenvalue weighted by molar-refractivity contribution is 6.42. The molecule has 7 heteroatoms. The van der Waals surface area contributed by atoms with Gasteiger partial charge in [-0.05, 0) is 48.9 Å². The zero-order chi connectivity index (χ0) is 19.0. The molecule has 0 saturated heterocycles. The number of rotatable bonds is 4. The van der Waals surface area contributed by atoms with Crippen LogP contribution in [0.4, 0.5) is 5.69 Å². The molecule has 3 aromatic rings. The lowest BCUT2D eigenvalue weighted by Crippen LogP contribution is -2.42. The van der Waals surface area contributed by atoms with Crippen molar-refractivity contribution in [2.24, 2.45) is 0 Å². The molecule has 1 aromatic heterocycles. The molecule has 0 unspecified atom stereocenters. The Labute approximate surface area is 172 Å². The third-order valence-electron chi connectivity index (χ3n) is 4.65. The molecule has 2 heterocycles. The Kier molecular flexibility index (Phi) is 5.13. The molecule has 1 aliphatic heterocycles. The predicted molar refractivity (Wildman–Crippen MR) is 108 cm³/mol. The van der Waals surface area contributed by atoms with Gasteiger partial charge in [-0.15, -0.1) is 0 Å². The van der Waals surface area contributed by atoms with E-state index in [1.54, 1.807) is 18.2 Å². The third kappa shape index (κ3) is 3.84. The zero-order valence-corrected chi connectivity index (χ0v) is 16.7. The van der Waals surface area contributed by atoms with E-state index in [-0.39, 0.29) is 12.5 Å². The molecule has 0 bridgehead atoms. The smallest absolute Gasteiger partial charge is 0.266 e. The fraction of sp³-hybridized carbons (Fsp3) is 0.200.